The average molecular weight is 252 g/mol. The highest BCUT2D eigenvalue weighted by molar-refractivity contribution is 5.54. The first-order valence-electron chi connectivity index (χ1n) is 6.23. The Morgan fingerprint density at radius 1 is 1.11 bits per heavy atom. The summed E-state index contributed by atoms with van der Waals surface area (Å²) in [6, 6.07) is 15.3. The van der Waals surface area contributed by atoms with E-state index in [0.29, 0.717) is 23.6 Å². The van der Waals surface area contributed by atoms with Gasteiger partial charge < -0.3 is 10.5 Å². The molecule has 96 valence electrons. The number of nitrogens with two attached hydrogens (primary N) is 1. The molecule has 0 aliphatic rings. The molecule has 0 aliphatic carbocycles. The lowest BCUT2D eigenvalue weighted by Gasteiger charge is -2.10. The largest absolute Gasteiger partial charge is 0.487 e. The molecular weight excluding hydrogens is 236 g/mol. The number of anilines is 1. The van der Waals surface area contributed by atoms with Gasteiger partial charge in [0.1, 0.15) is 12.4 Å². The first kappa shape index (κ1) is 13.0. The van der Waals surface area contributed by atoms with Crippen LogP contribution >= 0.6 is 0 Å². The molecule has 0 atom stereocenters. The van der Waals surface area contributed by atoms with Crippen LogP contribution in [0.4, 0.5) is 5.69 Å². The van der Waals surface area contributed by atoms with Crippen molar-refractivity contribution in [1.82, 2.24) is 0 Å². The van der Waals surface area contributed by atoms with E-state index < -0.39 is 0 Å². The highest BCUT2D eigenvalue weighted by Crippen LogP contribution is 2.23. The van der Waals surface area contributed by atoms with Gasteiger partial charge >= 0.3 is 0 Å². The number of rotatable bonds is 4. The molecule has 0 radical (unpaired) electrons. The van der Waals surface area contributed by atoms with Crippen LogP contribution in [0.25, 0.3) is 0 Å². The number of nitrogen functional groups attached to an aromatic ring is 1. The second kappa shape index (κ2) is 5.92. The third-order valence-corrected chi connectivity index (χ3v) is 2.96. The van der Waals surface area contributed by atoms with Crippen molar-refractivity contribution >= 4 is 5.69 Å². The molecule has 0 aromatic heterocycles. The van der Waals surface area contributed by atoms with Gasteiger partial charge in [-0.05, 0) is 41.8 Å². The molecule has 19 heavy (non-hydrogen) atoms. The number of hydrogen-bond acceptors (Lipinski definition) is 3. The molecule has 0 saturated heterocycles. The van der Waals surface area contributed by atoms with Gasteiger partial charge in [0.2, 0.25) is 0 Å². The van der Waals surface area contributed by atoms with Crippen molar-refractivity contribution in [3.05, 3.63) is 59.2 Å². The maximum Gasteiger partial charge on any atom is 0.142 e. The molecule has 0 bridgehead atoms. The number of hydrogen-bond donors (Lipinski definition) is 1. The maximum absolute atomic E-state index is 8.72. The Morgan fingerprint density at radius 2 is 1.79 bits per heavy atom. The molecule has 3 heteroatoms. The Bertz CT molecular complexity index is 597. The number of aryl methyl sites for hydroxylation is 1. The fraction of sp³-hybridized carbons (Fsp3) is 0.188. The highest BCUT2D eigenvalue weighted by atomic mass is 16.5. The zero-order valence-corrected chi connectivity index (χ0v) is 10.9. The summed E-state index contributed by atoms with van der Waals surface area (Å²) in [5, 5.41) is 8.72. The number of nitrogens with zero attached hydrogens (tertiary/aromatic N) is 1. The van der Waals surface area contributed by atoms with Gasteiger partial charge in [-0.2, -0.15) is 5.26 Å². The van der Waals surface area contributed by atoms with Gasteiger partial charge in [0.15, 0.2) is 0 Å². The molecule has 0 unspecified atom stereocenters. The summed E-state index contributed by atoms with van der Waals surface area (Å²) in [5.41, 5.74) is 9.46. The zero-order chi connectivity index (χ0) is 13.7. The zero-order valence-electron chi connectivity index (χ0n) is 10.9. The van der Waals surface area contributed by atoms with E-state index >= 15 is 0 Å². The van der Waals surface area contributed by atoms with E-state index in [0.717, 1.165) is 12.0 Å². The minimum absolute atomic E-state index is 0.446. The number of nitriles is 1. The van der Waals surface area contributed by atoms with Crippen molar-refractivity contribution in [2.75, 3.05) is 5.73 Å². The van der Waals surface area contributed by atoms with Gasteiger partial charge in [-0.25, -0.2) is 0 Å². The minimum Gasteiger partial charge on any atom is -0.487 e. The molecule has 3 nitrogen and oxygen atoms in total. The molecule has 2 rings (SSSR count). The van der Waals surface area contributed by atoms with E-state index in [1.807, 2.05) is 30.3 Å². The summed E-state index contributed by atoms with van der Waals surface area (Å²) >= 11 is 0. The maximum atomic E-state index is 8.72. The number of benzene rings is 2. The Morgan fingerprint density at radius 3 is 2.37 bits per heavy atom. The lowest BCUT2D eigenvalue weighted by Crippen LogP contribution is -1.99. The van der Waals surface area contributed by atoms with Crippen LogP contribution in [0.15, 0.2) is 42.5 Å². The summed E-state index contributed by atoms with van der Waals surface area (Å²) in [6.45, 7) is 2.54. The summed E-state index contributed by atoms with van der Waals surface area (Å²) in [5.74, 6) is 0.696. The van der Waals surface area contributed by atoms with Crippen molar-refractivity contribution in [2.24, 2.45) is 0 Å². The van der Waals surface area contributed by atoms with Crippen LogP contribution in [-0.4, -0.2) is 0 Å². The minimum atomic E-state index is 0.446. The first-order valence-corrected chi connectivity index (χ1v) is 6.23. The van der Waals surface area contributed by atoms with Crippen LogP contribution in [0.2, 0.25) is 0 Å². The Balaban J connectivity index is 2.04. The van der Waals surface area contributed by atoms with Gasteiger partial charge in [0, 0.05) is 0 Å². The summed E-state index contributed by atoms with van der Waals surface area (Å²) in [7, 11) is 0. The van der Waals surface area contributed by atoms with Crippen molar-refractivity contribution in [3.8, 4) is 11.8 Å². The Kier molecular flexibility index (Phi) is 4.04. The van der Waals surface area contributed by atoms with Crippen LogP contribution in [0.1, 0.15) is 23.6 Å². The smallest absolute Gasteiger partial charge is 0.142 e. The van der Waals surface area contributed by atoms with Gasteiger partial charge in [0.25, 0.3) is 0 Å². The van der Waals surface area contributed by atoms with Crippen molar-refractivity contribution in [3.63, 3.8) is 0 Å². The topological polar surface area (TPSA) is 59.0 Å². The number of ether oxygens (including phenoxy) is 1. The van der Waals surface area contributed by atoms with Crippen molar-refractivity contribution < 1.29 is 4.74 Å². The van der Waals surface area contributed by atoms with Crippen molar-refractivity contribution in [1.29, 1.82) is 5.26 Å². The van der Waals surface area contributed by atoms with Crippen LogP contribution in [-0.2, 0) is 13.0 Å². The molecular formula is C16H16N2O. The van der Waals surface area contributed by atoms with Gasteiger partial charge in [-0.1, -0.05) is 25.1 Å². The predicted octanol–water partition coefficient (Wildman–Crippen LogP) is 3.28. The third-order valence-electron chi connectivity index (χ3n) is 2.96. The molecule has 0 aliphatic heterocycles. The molecule has 0 amide bonds. The first-order chi connectivity index (χ1) is 9.22. The van der Waals surface area contributed by atoms with E-state index in [1.165, 1.54) is 5.56 Å². The predicted molar refractivity (Wildman–Crippen MR) is 75.7 cm³/mol. The SMILES string of the molecule is CCc1ccc(OCc2ccc(C#N)cc2)c(N)c1. The molecule has 0 fully saturated rings. The molecule has 0 saturated carbocycles. The normalized spacial score (nSPS) is 9.89. The van der Waals surface area contributed by atoms with Crippen LogP contribution in [0.5, 0.6) is 5.75 Å². The second-order valence-corrected chi connectivity index (χ2v) is 4.32. The molecule has 0 spiro atoms. The van der Waals surface area contributed by atoms with Gasteiger partial charge in [0.05, 0.1) is 17.3 Å². The van der Waals surface area contributed by atoms with Crippen molar-refractivity contribution in [2.45, 2.75) is 20.0 Å². The summed E-state index contributed by atoms with van der Waals surface area (Å²) in [4.78, 5) is 0. The summed E-state index contributed by atoms with van der Waals surface area (Å²) in [6.07, 6.45) is 0.958. The summed E-state index contributed by atoms with van der Waals surface area (Å²) < 4.78 is 5.69. The lowest BCUT2D eigenvalue weighted by molar-refractivity contribution is 0.308. The van der Waals surface area contributed by atoms with Crippen LogP contribution in [0.3, 0.4) is 0 Å². The van der Waals surface area contributed by atoms with Gasteiger partial charge in [-0.15, -0.1) is 0 Å². The average Bonchev–Trinajstić information content (AvgIpc) is 2.46. The molecule has 2 N–H and O–H groups in total. The lowest BCUT2D eigenvalue weighted by atomic mass is 10.1. The fourth-order valence-electron chi connectivity index (χ4n) is 1.79. The quantitative estimate of drug-likeness (QED) is 0.849. The Labute approximate surface area is 113 Å². The standard InChI is InChI=1S/C16H16N2O/c1-2-12-7-8-16(15(18)9-12)19-11-14-5-3-13(10-17)4-6-14/h3-9H,2,11,18H2,1H3. The Hall–Kier alpha value is -2.47. The van der Waals surface area contributed by atoms with E-state index in [4.69, 9.17) is 15.7 Å². The van der Waals surface area contributed by atoms with E-state index in [1.54, 1.807) is 12.1 Å². The monoisotopic (exact) mass is 252 g/mol. The van der Waals surface area contributed by atoms with Crippen LogP contribution < -0.4 is 10.5 Å². The third kappa shape index (κ3) is 3.26. The van der Waals surface area contributed by atoms with E-state index in [-0.39, 0.29) is 0 Å². The van der Waals surface area contributed by atoms with E-state index in [9.17, 15) is 0 Å². The van der Waals surface area contributed by atoms with E-state index in [2.05, 4.69) is 13.0 Å². The van der Waals surface area contributed by atoms with Gasteiger partial charge in [-0.3, -0.25) is 0 Å². The fourth-order valence-corrected chi connectivity index (χ4v) is 1.79. The second-order valence-electron chi connectivity index (χ2n) is 4.32. The highest BCUT2D eigenvalue weighted by Gasteiger charge is 2.02. The molecule has 2 aromatic rings. The molecule has 0 heterocycles. The van der Waals surface area contributed by atoms with Crippen LogP contribution in [0, 0.1) is 11.3 Å². The molecule has 2 aromatic carbocycles.